The van der Waals surface area contributed by atoms with Crippen LogP contribution in [0.1, 0.15) is 18.1 Å². The Labute approximate surface area is 170 Å². The third-order valence-corrected chi connectivity index (χ3v) is 4.51. The predicted octanol–water partition coefficient (Wildman–Crippen LogP) is 2.57. The van der Waals surface area contributed by atoms with Crippen molar-refractivity contribution in [3.63, 3.8) is 0 Å². The Morgan fingerprint density at radius 3 is 2.60 bits per heavy atom. The molecule has 8 nitrogen and oxygen atoms in total. The summed E-state index contributed by atoms with van der Waals surface area (Å²) in [5.74, 6) is -1.39. The van der Waals surface area contributed by atoms with Gasteiger partial charge in [-0.25, -0.2) is 4.79 Å². The molecular formula is C20H16F2N4O4. The largest absolute Gasteiger partial charge is 0.435 e. The fourth-order valence-corrected chi connectivity index (χ4v) is 3.02. The zero-order valence-corrected chi connectivity index (χ0v) is 15.7. The van der Waals surface area contributed by atoms with Crippen molar-refractivity contribution >= 4 is 23.5 Å². The first-order chi connectivity index (χ1) is 14.2. The van der Waals surface area contributed by atoms with Crippen molar-refractivity contribution in [2.45, 2.75) is 19.1 Å². The zero-order valence-electron chi connectivity index (χ0n) is 15.7. The Bertz CT molecular complexity index is 1040. The number of hydrogen-bond acceptors (Lipinski definition) is 5. The molecule has 2 aromatic carbocycles. The number of hydrogen-bond donors (Lipinski definition) is 2. The topological polar surface area (TPSA) is 112 Å². The molecule has 0 bridgehead atoms. The summed E-state index contributed by atoms with van der Waals surface area (Å²) in [6, 6.07) is 12.6. The number of amides is 4. The van der Waals surface area contributed by atoms with Gasteiger partial charge < -0.3 is 15.4 Å². The predicted molar refractivity (Wildman–Crippen MR) is 100 cm³/mol. The molecule has 0 spiro atoms. The Morgan fingerprint density at radius 2 is 1.97 bits per heavy atom. The molecule has 0 unspecified atom stereocenters. The molecule has 10 heteroatoms. The minimum atomic E-state index is -2.98. The molecule has 1 aliphatic heterocycles. The molecule has 0 aliphatic carbocycles. The molecule has 1 aliphatic rings. The molecule has 1 fully saturated rings. The minimum absolute atomic E-state index is 0.0926. The molecule has 1 saturated heterocycles. The third-order valence-electron chi connectivity index (χ3n) is 4.51. The number of nitriles is 1. The normalized spacial score (nSPS) is 18.2. The molecule has 2 aromatic rings. The highest BCUT2D eigenvalue weighted by Crippen LogP contribution is 2.30. The van der Waals surface area contributed by atoms with Crippen molar-refractivity contribution < 1.29 is 27.9 Å². The van der Waals surface area contributed by atoms with Crippen LogP contribution in [0.3, 0.4) is 0 Å². The first-order valence-electron chi connectivity index (χ1n) is 8.72. The van der Waals surface area contributed by atoms with Crippen LogP contribution in [-0.2, 0) is 15.1 Å². The lowest BCUT2D eigenvalue weighted by Gasteiger charge is -2.22. The van der Waals surface area contributed by atoms with E-state index in [0.29, 0.717) is 16.8 Å². The number of benzene rings is 2. The SMILES string of the molecule is C[C@@]1(c2ccc(OC(F)F)cc2)NC(=O)N(CC(=O)Nc2cccc(C#N)c2)C1=O. The molecule has 3 rings (SSSR count). The maximum atomic E-state index is 12.9. The summed E-state index contributed by atoms with van der Waals surface area (Å²) in [6.07, 6.45) is 0. The summed E-state index contributed by atoms with van der Waals surface area (Å²) in [4.78, 5) is 38.2. The standard InChI is InChI=1S/C20H16F2N4O4/c1-20(13-5-7-15(8-6-13)30-18(21)22)17(28)26(19(29)25-20)11-16(27)24-14-4-2-3-12(9-14)10-23/h2-9,18H,11H2,1H3,(H,24,27)(H,25,29)/t20-/m0/s1. The average Bonchev–Trinajstić information content (AvgIpc) is 2.92. The number of halogens is 2. The van der Waals surface area contributed by atoms with Gasteiger partial charge in [0.15, 0.2) is 0 Å². The summed E-state index contributed by atoms with van der Waals surface area (Å²) >= 11 is 0. The van der Waals surface area contributed by atoms with E-state index in [4.69, 9.17) is 5.26 Å². The van der Waals surface area contributed by atoms with Gasteiger partial charge in [0, 0.05) is 5.69 Å². The fraction of sp³-hybridized carbons (Fsp3) is 0.200. The highest BCUT2D eigenvalue weighted by Gasteiger charge is 2.49. The quantitative estimate of drug-likeness (QED) is 0.706. The number of nitrogens with one attached hydrogen (secondary N) is 2. The zero-order chi connectivity index (χ0) is 21.9. The van der Waals surface area contributed by atoms with Crippen molar-refractivity contribution in [3.8, 4) is 11.8 Å². The van der Waals surface area contributed by atoms with Gasteiger partial charge in [0.1, 0.15) is 17.8 Å². The van der Waals surface area contributed by atoms with E-state index in [1.807, 2.05) is 6.07 Å². The maximum Gasteiger partial charge on any atom is 0.387 e. The second-order valence-corrected chi connectivity index (χ2v) is 6.59. The Hall–Kier alpha value is -4.00. The van der Waals surface area contributed by atoms with Crippen LogP contribution in [0.2, 0.25) is 0 Å². The second-order valence-electron chi connectivity index (χ2n) is 6.59. The summed E-state index contributed by atoms with van der Waals surface area (Å²) in [5, 5.41) is 14.0. The van der Waals surface area contributed by atoms with Crippen LogP contribution in [0.5, 0.6) is 5.75 Å². The second kappa shape index (κ2) is 8.16. The van der Waals surface area contributed by atoms with Gasteiger partial charge >= 0.3 is 12.6 Å². The van der Waals surface area contributed by atoms with Gasteiger partial charge in [-0.2, -0.15) is 14.0 Å². The van der Waals surface area contributed by atoms with Gasteiger partial charge in [-0.15, -0.1) is 0 Å². The number of carbonyl (C=O) groups is 3. The highest BCUT2D eigenvalue weighted by molar-refractivity contribution is 6.10. The fourth-order valence-electron chi connectivity index (χ4n) is 3.02. The lowest BCUT2D eigenvalue weighted by molar-refractivity contribution is -0.133. The Kier molecular flexibility index (Phi) is 5.64. The summed E-state index contributed by atoms with van der Waals surface area (Å²) in [7, 11) is 0. The Balaban J connectivity index is 1.72. The molecule has 1 heterocycles. The number of ether oxygens (including phenoxy) is 1. The van der Waals surface area contributed by atoms with E-state index in [9.17, 15) is 23.2 Å². The summed E-state index contributed by atoms with van der Waals surface area (Å²) < 4.78 is 28.8. The molecule has 0 radical (unpaired) electrons. The maximum absolute atomic E-state index is 12.9. The van der Waals surface area contributed by atoms with Gasteiger partial charge in [-0.3, -0.25) is 14.5 Å². The monoisotopic (exact) mass is 414 g/mol. The first kappa shape index (κ1) is 20.7. The number of rotatable bonds is 6. The van der Waals surface area contributed by atoms with Crippen molar-refractivity contribution in [2.75, 3.05) is 11.9 Å². The van der Waals surface area contributed by atoms with E-state index in [1.54, 1.807) is 18.2 Å². The van der Waals surface area contributed by atoms with Crippen LogP contribution in [-0.4, -0.2) is 35.9 Å². The number of nitrogens with zero attached hydrogens (tertiary/aromatic N) is 2. The molecule has 1 atom stereocenters. The van der Waals surface area contributed by atoms with Crippen LogP contribution in [0.15, 0.2) is 48.5 Å². The van der Waals surface area contributed by atoms with Crippen molar-refractivity contribution in [1.82, 2.24) is 10.2 Å². The van der Waals surface area contributed by atoms with Crippen LogP contribution in [0.4, 0.5) is 19.3 Å². The van der Waals surface area contributed by atoms with Crippen LogP contribution >= 0.6 is 0 Å². The van der Waals surface area contributed by atoms with Gasteiger partial charge in [-0.05, 0) is 42.8 Å². The number of anilines is 1. The van der Waals surface area contributed by atoms with Gasteiger partial charge in [0.05, 0.1) is 11.6 Å². The molecule has 0 aromatic heterocycles. The molecule has 30 heavy (non-hydrogen) atoms. The number of alkyl halides is 2. The van der Waals surface area contributed by atoms with Crippen molar-refractivity contribution in [2.24, 2.45) is 0 Å². The molecule has 0 saturated carbocycles. The van der Waals surface area contributed by atoms with E-state index in [-0.39, 0.29) is 5.75 Å². The van der Waals surface area contributed by atoms with Gasteiger partial charge in [-0.1, -0.05) is 18.2 Å². The minimum Gasteiger partial charge on any atom is -0.435 e. The Morgan fingerprint density at radius 1 is 1.27 bits per heavy atom. The van der Waals surface area contributed by atoms with Crippen LogP contribution < -0.4 is 15.4 Å². The highest BCUT2D eigenvalue weighted by atomic mass is 19.3. The average molecular weight is 414 g/mol. The molecule has 4 amide bonds. The molecular weight excluding hydrogens is 398 g/mol. The van der Waals surface area contributed by atoms with Crippen molar-refractivity contribution in [3.05, 3.63) is 59.7 Å². The first-order valence-corrected chi connectivity index (χ1v) is 8.72. The van der Waals surface area contributed by atoms with Crippen molar-refractivity contribution in [1.29, 1.82) is 5.26 Å². The molecule has 154 valence electrons. The van der Waals surface area contributed by atoms with Gasteiger partial charge in [0.2, 0.25) is 5.91 Å². The van der Waals surface area contributed by atoms with E-state index < -0.39 is 36.5 Å². The summed E-state index contributed by atoms with van der Waals surface area (Å²) in [5.41, 5.74) is -0.438. The van der Waals surface area contributed by atoms with E-state index in [2.05, 4.69) is 15.4 Å². The number of carbonyl (C=O) groups excluding carboxylic acids is 3. The molecule has 2 N–H and O–H groups in total. The lowest BCUT2D eigenvalue weighted by Crippen LogP contribution is -2.42. The van der Waals surface area contributed by atoms with Crippen LogP contribution in [0, 0.1) is 11.3 Å². The van der Waals surface area contributed by atoms with E-state index in [0.717, 1.165) is 4.90 Å². The third kappa shape index (κ3) is 4.20. The van der Waals surface area contributed by atoms with E-state index >= 15 is 0 Å². The van der Waals surface area contributed by atoms with E-state index in [1.165, 1.54) is 37.3 Å². The summed E-state index contributed by atoms with van der Waals surface area (Å²) in [6.45, 7) is -2.07. The van der Waals surface area contributed by atoms with Gasteiger partial charge in [0.25, 0.3) is 5.91 Å². The lowest BCUT2D eigenvalue weighted by atomic mass is 9.92. The number of urea groups is 1. The smallest absolute Gasteiger partial charge is 0.387 e. The van der Waals surface area contributed by atoms with Crippen LogP contribution in [0.25, 0.3) is 0 Å². The number of imide groups is 1.